The molecule has 0 spiro atoms. The Morgan fingerprint density at radius 3 is 2.27 bits per heavy atom. The molecule has 0 radical (unpaired) electrons. The van der Waals surface area contributed by atoms with Crippen molar-refractivity contribution in [3.63, 3.8) is 0 Å². The molecule has 33 heavy (non-hydrogen) atoms. The van der Waals surface area contributed by atoms with Gasteiger partial charge in [0.25, 0.3) is 0 Å². The quantitative estimate of drug-likeness (QED) is 0.369. The lowest BCUT2D eigenvalue weighted by molar-refractivity contribution is 0.0576. The fourth-order valence-electron chi connectivity index (χ4n) is 3.33. The summed E-state index contributed by atoms with van der Waals surface area (Å²) in [5.74, 6) is -0.616. The van der Waals surface area contributed by atoms with Crippen molar-refractivity contribution >= 4 is 29.1 Å². The number of amides is 1. The number of rotatable bonds is 7. The molecule has 174 valence electrons. The largest absolute Gasteiger partial charge is 0.443 e. The van der Waals surface area contributed by atoms with Gasteiger partial charge in [-0.3, -0.25) is 4.90 Å². The van der Waals surface area contributed by atoms with Gasteiger partial charge in [-0.05, 0) is 56.2 Å². The standard InChI is InChI=1S/C26H27ClF2N2O2/c1-26(2,3)33-25(32)31(17-18-9-11-20(28)12-10-18)22-14-13-21(30-16-15-27)23(24(22)29)19-7-5-4-6-8-19/h4-14,30H,15-17H2,1-3H3. The Hall–Kier alpha value is -3.12. The molecule has 3 rings (SSSR count). The summed E-state index contributed by atoms with van der Waals surface area (Å²) in [5.41, 5.74) is 1.45. The maximum absolute atomic E-state index is 16.1. The van der Waals surface area contributed by atoms with Gasteiger partial charge in [0, 0.05) is 23.7 Å². The zero-order valence-electron chi connectivity index (χ0n) is 18.9. The first kappa shape index (κ1) is 24.5. The van der Waals surface area contributed by atoms with Crippen molar-refractivity contribution < 1.29 is 18.3 Å². The van der Waals surface area contributed by atoms with E-state index in [0.29, 0.717) is 34.8 Å². The van der Waals surface area contributed by atoms with E-state index in [1.54, 1.807) is 51.1 Å². The van der Waals surface area contributed by atoms with Gasteiger partial charge in [0.05, 0.1) is 12.2 Å². The van der Waals surface area contributed by atoms with Crippen molar-refractivity contribution in [1.82, 2.24) is 0 Å². The highest BCUT2D eigenvalue weighted by Crippen LogP contribution is 2.37. The highest BCUT2D eigenvalue weighted by atomic mass is 35.5. The molecule has 0 bridgehead atoms. The third-order valence-electron chi connectivity index (χ3n) is 4.75. The van der Waals surface area contributed by atoms with E-state index < -0.39 is 23.3 Å². The SMILES string of the molecule is CC(C)(C)OC(=O)N(Cc1ccc(F)cc1)c1ccc(NCCCl)c(-c2ccccc2)c1F. The highest BCUT2D eigenvalue weighted by molar-refractivity contribution is 6.18. The summed E-state index contributed by atoms with van der Waals surface area (Å²) >= 11 is 5.82. The molecule has 7 heteroatoms. The van der Waals surface area contributed by atoms with E-state index in [1.807, 2.05) is 18.2 Å². The number of nitrogens with one attached hydrogen (secondary N) is 1. The monoisotopic (exact) mass is 472 g/mol. The van der Waals surface area contributed by atoms with Crippen molar-refractivity contribution in [2.75, 3.05) is 22.6 Å². The summed E-state index contributed by atoms with van der Waals surface area (Å²) in [4.78, 5) is 14.3. The Kier molecular flexibility index (Phi) is 7.92. The molecule has 0 aliphatic carbocycles. The number of anilines is 2. The molecule has 4 nitrogen and oxygen atoms in total. The number of nitrogens with zero attached hydrogens (tertiary/aromatic N) is 1. The minimum absolute atomic E-state index is 0.00873. The number of halogens is 3. The molecular weight excluding hydrogens is 446 g/mol. The molecule has 0 aromatic heterocycles. The van der Waals surface area contributed by atoms with Crippen LogP contribution in [0.3, 0.4) is 0 Å². The van der Waals surface area contributed by atoms with Gasteiger partial charge in [-0.2, -0.15) is 0 Å². The molecule has 3 aromatic rings. The Labute approximate surface area is 198 Å². The summed E-state index contributed by atoms with van der Waals surface area (Å²) in [6.07, 6.45) is -0.703. The molecule has 3 aromatic carbocycles. The van der Waals surface area contributed by atoms with E-state index in [-0.39, 0.29) is 12.2 Å². The molecule has 1 N–H and O–H groups in total. The van der Waals surface area contributed by atoms with Gasteiger partial charge in [0.1, 0.15) is 11.4 Å². The zero-order valence-corrected chi connectivity index (χ0v) is 19.6. The lowest BCUT2D eigenvalue weighted by Crippen LogP contribution is -2.37. The second-order valence-electron chi connectivity index (χ2n) is 8.50. The third kappa shape index (κ3) is 6.45. The molecule has 0 aliphatic rings. The van der Waals surface area contributed by atoms with Crippen molar-refractivity contribution in [3.8, 4) is 11.1 Å². The number of alkyl halides is 1. The van der Waals surface area contributed by atoms with Gasteiger partial charge >= 0.3 is 6.09 Å². The summed E-state index contributed by atoms with van der Waals surface area (Å²) in [7, 11) is 0. The minimum Gasteiger partial charge on any atom is -0.443 e. The van der Waals surface area contributed by atoms with Crippen molar-refractivity contribution in [3.05, 3.63) is 83.9 Å². The number of hydrogen-bond acceptors (Lipinski definition) is 3. The first-order valence-electron chi connectivity index (χ1n) is 10.6. The van der Waals surface area contributed by atoms with E-state index in [2.05, 4.69) is 5.32 Å². The number of carbonyl (C=O) groups is 1. The van der Waals surface area contributed by atoms with Crippen molar-refractivity contribution in [2.24, 2.45) is 0 Å². The number of benzene rings is 3. The minimum atomic E-state index is -0.779. The number of hydrogen-bond donors (Lipinski definition) is 1. The van der Waals surface area contributed by atoms with Gasteiger partial charge < -0.3 is 10.1 Å². The molecular formula is C26H27ClF2N2O2. The molecule has 0 atom stereocenters. The van der Waals surface area contributed by atoms with Gasteiger partial charge in [0.2, 0.25) is 0 Å². The van der Waals surface area contributed by atoms with Gasteiger partial charge in [-0.15, -0.1) is 11.6 Å². The molecule has 0 fully saturated rings. The topological polar surface area (TPSA) is 41.6 Å². The van der Waals surface area contributed by atoms with Crippen LogP contribution in [0.4, 0.5) is 25.0 Å². The summed E-state index contributed by atoms with van der Waals surface area (Å²) in [5, 5.41) is 3.14. The van der Waals surface area contributed by atoms with E-state index in [9.17, 15) is 9.18 Å². The van der Waals surface area contributed by atoms with Crippen LogP contribution in [-0.4, -0.2) is 24.1 Å². The Bertz CT molecular complexity index is 1080. The third-order valence-corrected chi connectivity index (χ3v) is 4.94. The van der Waals surface area contributed by atoms with E-state index in [1.165, 1.54) is 23.1 Å². The smallest absolute Gasteiger partial charge is 0.415 e. The van der Waals surface area contributed by atoms with Crippen LogP contribution < -0.4 is 10.2 Å². The zero-order chi connectivity index (χ0) is 24.0. The lowest BCUT2D eigenvalue weighted by Gasteiger charge is -2.29. The van der Waals surface area contributed by atoms with Crippen LogP contribution in [0.5, 0.6) is 0 Å². The van der Waals surface area contributed by atoms with Crippen LogP contribution in [0.15, 0.2) is 66.7 Å². The predicted molar refractivity (Wildman–Crippen MR) is 130 cm³/mol. The number of carbonyl (C=O) groups excluding carboxylic acids is 1. The Balaban J connectivity index is 2.11. The van der Waals surface area contributed by atoms with Crippen LogP contribution in [0, 0.1) is 11.6 Å². The first-order valence-corrected chi connectivity index (χ1v) is 11.2. The maximum atomic E-state index is 16.1. The van der Waals surface area contributed by atoms with Crippen LogP contribution in [-0.2, 0) is 11.3 Å². The van der Waals surface area contributed by atoms with Crippen molar-refractivity contribution in [2.45, 2.75) is 32.9 Å². The van der Waals surface area contributed by atoms with E-state index >= 15 is 4.39 Å². The fourth-order valence-corrected chi connectivity index (χ4v) is 3.42. The summed E-state index contributed by atoms with van der Waals surface area (Å²) < 4.78 is 35.0. The Morgan fingerprint density at radius 1 is 1.00 bits per heavy atom. The molecule has 0 saturated carbocycles. The second-order valence-corrected chi connectivity index (χ2v) is 8.87. The van der Waals surface area contributed by atoms with Crippen molar-refractivity contribution in [1.29, 1.82) is 0 Å². The normalized spacial score (nSPS) is 11.2. The van der Waals surface area contributed by atoms with Crippen LogP contribution in [0.2, 0.25) is 0 Å². The van der Waals surface area contributed by atoms with E-state index in [4.69, 9.17) is 16.3 Å². The first-order chi connectivity index (χ1) is 15.7. The lowest BCUT2D eigenvalue weighted by atomic mass is 10.0. The Morgan fingerprint density at radius 2 is 1.67 bits per heavy atom. The average Bonchev–Trinajstić information content (AvgIpc) is 2.77. The average molecular weight is 473 g/mol. The van der Waals surface area contributed by atoms with Crippen LogP contribution in [0.1, 0.15) is 26.3 Å². The van der Waals surface area contributed by atoms with E-state index in [0.717, 1.165) is 0 Å². The summed E-state index contributed by atoms with van der Waals surface area (Å²) in [6.45, 7) is 5.68. The molecule has 0 unspecified atom stereocenters. The second kappa shape index (κ2) is 10.7. The molecule has 0 heterocycles. The molecule has 0 aliphatic heterocycles. The van der Waals surface area contributed by atoms with Crippen LogP contribution in [0.25, 0.3) is 11.1 Å². The fraction of sp³-hybridized carbons (Fsp3) is 0.269. The molecule has 0 saturated heterocycles. The maximum Gasteiger partial charge on any atom is 0.415 e. The van der Waals surface area contributed by atoms with Gasteiger partial charge in [-0.25, -0.2) is 13.6 Å². The predicted octanol–water partition coefficient (Wildman–Crippen LogP) is 7.22. The highest BCUT2D eigenvalue weighted by Gasteiger charge is 2.28. The summed E-state index contributed by atoms with van der Waals surface area (Å²) in [6, 6.07) is 18.0. The molecule has 1 amide bonds. The van der Waals surface area contributed by atoms with Gasteiger partial charge in [-0.1, -0.05) is 42.5 Å². The number of ether oxygens (including phenoxy) is 1. The van der Waals surface area contributed by atoms with Crippen LogP contribution >= 0.6 is 11.6 Å². The van der Waals surface area contributed by atoms with Gasteiger partial charge in [0.15, 0.2) is 5.82 Å².